The van der Waals surface area contributed by atoms with Crippen molar-refractivity contribution in [2.75, 3.05) is 4.90 Å². The number of benzene rings is 7. The van der Waals surface area contributed by atoms with Gasteiger partial charge in [-0.05, 0) is 109 Å². The highest BCUT2D eigenvalue weighted by molar-refractivity contribution is 5.88. The largest absolute Gasteiger partial charge is 0.310 e. The number of nitrogens with zero attached hydrogens (tertiary/aromatic N) is 1. The van der Waals surface area contributed by atoms with Crippen molar-refractivity contribution in [2.24, 2.45) is 0 Å². The molecule has 1 heteroatoms. The first kappa shape index (κ1) is 29.5. The van der Waals surface area contributed by atoms with Gasteiger partial charge in [0.05, 0.1) is 0 Å². The lowest BCUT2D eigenvalue weighted by Gasteiger charge is -2.30. The molecule has 9 rings (SSSR count). The van der Waals surface area contributed by atoms with Crippen LogP contribution in [0.1, 0.15) is 49.9 Å². The molecule has 0 unspecified atom stereocenters. The lowest BCUT2D eigenvalue weighted by atomic mass is 9.82. The second-order valence-electron chi connectivity index (χ2n) is 14.6. The standard InChI is InChI=1S/C48H39N/c1-47(2)43-19-10-8-17-39(43)41-27-25-37(30-45(41)47)49(38-26-28-42-40-18-9-11-20-44(40)48(3,4)46(42)31-38)36-23-21-33(22-24-36)35-16-12-15-34(29-35)32-13-6-5-7-14-32/h5-31H,1-4H3. The second kappa shape index (κ2) is 10.9. The van der Waals surface area contributed by atoms with Crippen LogP contribution >= 0.6 is 0 Å². The van der Waals surface area contributed by atoms with Crippen LogP contribution in [0.2, 0.25) is 0 Å². The van der Waals surface area contributed by atoms with Crippen LogP contribution in [-0.2, 0) is 10.8 Å². The van der Waals surface area contributed by atoms with Crippen molar-refractivity contribution in [3.63, 3.8) is 0 Å². The van der Waals surface area contributed by atoms with Crippen LogP contribution < -0.4 is 4.90 Å². The molecule has 2 aliphatic rings. The molecule has 0 N–H and O–H groups in total. The summed E-state index contributed by atoms with van der Waals surface area (Å²) in [4.78, 5) is 2.45. The van der Waals surface area contributed by atoms with Crippen LogP contribution in [0.5, 0.6) is 0 Å². The minimum absolute atomic E-state index is 0.0806. The van der Waals surface area contributed by atoms with Crippen LogP contribution in [0, 0.1) is 0 Å². The summed E-state index contributed by atoms with van der Waals surface area (Å²) in [7, 11) is 0. The zero-order chi connectivity index (χ0) is 33.3. The molecule has 0 saturated carbocycles. The molecule has 7 aromatic rings. The Labute approximate surface area is 290 Å². The van der Waals surface area contributed by atoms with Gasteiger partial charge >= 0.3 is 0 Å². The predicted octanol–water partition coefficient (Wildman–Crippen LogP) is 13.1. The van der Waals surface area contributed by atoms with Gasteiger partial charge in [0.1, 0.15) is 0 Å². The summed E-state index contributed by atoms with van der Waals surface area (Å²) in [5.41, 5.74) is 19.1. The van der Waals surface area contributed by atoms with E-state index in [-0.39, 0.29) is 10.8 Å². The van der Waals surface area contributed by atoms with Crippen molar-refractivity contribution in [3.8, 4) is 44.5 Å². The predicted molar refractivity (Wildman–Crippen MR) is 207 cm³/mol. The number of rotatable bonds is 5. The normalized spacial score (nSPS) is 14.4. The summed E-state index contributed by atoms with van der Waals surface area (Å²) in [5.74, 6) is 0. The smallest absolute Gasteiger partial charge is 0.0465 e. The molecule has 0 atom stereocenters. The van der Waals surface area contributed by atoms with Gasteiger partial charge in [-0.15, -0.1) is 0 Å². The highest BCUT2D eigenvalue weighted by Gasteiger charge is 2.37. The van der Waals surface area contributed by atoms with Crippen molar-refractivity contribution in [1.29, 1.82) is 0 Å². The maximum atomic E-state index is 2.45. The van der Waals surface area contributed by atoms with E-state index >= 15 is 0 Å². The number of anilines is 3. The lowest BCUT2D eigenvalue weighted by Crippen LogP contribution is -2.18. The molecule has 0 fully saturated rings. The number of hydrogen-bond acceptors (Lipinski definition) is 1. The van der Waals surface area contributed by atoms with Crippen LogP contribution in [0.4, 0.5) is 17.1 Å². The molecule has 0 spiro atoms. The number of hydrogen-bond donors (Lipinski definition) is 0. The van der Waals surface area contributed by atoms with Gasteiger partial charge in [-0.3, -0.25) is 0 Å². The van der Waals surface area contributed by atoms with E-state index in [1.165, 1.54) is 78.1 Å². The van der Waals surface area contributed by atoms with Crippen LogP contribution in [0.25, 0.3) is 44.5 Å². The van der Waals surface area contributed by atoms with E-state index in [1.807, 2.05) is 0 Å². The molecule has 0 saturated heterocycles. The van der Waals surface area contributed by atoms with Gasteiger partial charge in [0.25, 0.3) is 0 Å². The van der Waals surface area contributed by atoms with Crippen molar-refractivity contribution in [2.45, 2.75) is 38.5 Å². The van der Waals surface area contributed by atoms with Gasteiger partial charge < -0.3 is 4.90 Å². The van der Waals surface area contributed by atoms with Gasteiger partial charge in [-0.2, -0.15) is 0 Å². The summed E-state index contributed by atoms with van der Waals surface area (Å²) >= 11 is 0. The third-order valence-corrected chi connectivity index (χ3v) is 11.1. The first-order valence-electron chi connectivity index (χ1n) is 17.4. The summed E-state index contributed by atoms with van der Waals surface area (Å²) in [5, 5.41) is 0. The molecule has 0 aliphatic heterocycles. The molecule has 2 aliphatic carbocycles. The Morgan fingerprint density at radius 2 is 0.714 bits per heavy atom. The zero-order valence-electron chi connectivity index (χ0n) is 28.5. The third kappa shape index (κ3) is 4.60. The fraction of sp³-hybridized carbons (Fsp3) is 0.125. The van der Waals surface area contributed by atoms with Crippen LogP contribution in [0.3, 0.4) is 0 Å². The SMILES string of the molecule is CC1(C)c2ccccc2-c2ccc(N(c3ccc(-c4cccc(-c5ccccc5)c4)cc3)c3ccc4c(c3)C(C)(C)c3ccccc3-4)cc21. The Morgan fingerprint density at radius 3 is 1.24 bits per heavy atom. The molecule has 0 bridgehead atoms. The molecule has 0 radical (unpaired) electrons. The Kier molecular flexibility index (Phi) is 6.58. The molecule has 49 heavy (non-hydrogen) atoms. The fourth-order valence-electron chi connectivity index (χ4n) is 8.42. The molecule has 1 nitrogen and oxygen atoms in total. The van der Waals surface area contributed by atoms with Crippen LogP contribution in [-0.4, -0.2) is 0 Å². The molecule has 236 valence electrons. The highest BCUT2D eigenvalue weighted by atomic mass is 15.1. The third-order valence-electron chi connectivity index (χ3n) is 11.1. The molecule has 7 aromatic carbocycles. The van der Waals surface area contributed by atoms with Gasteiger partial charge in [-0.1, -0.05) is 149 Å². The van der Waals surface area contributed by atoms with Gasteiger partial charge in [0.15, 0.2) is 0 Å². The quantitative estimate of drug-likeness (QED) is 0.183. The first-order valence-corrected chi connectivity index (χ1v) is 17.4. The maximum absolute atomic E-state index is 2.45. The lowest BCUT2D eigenvalue weighted by molar-refractivity contribution is 0.660. The van der Waals surface area contributed by atoms with E-state index in [2.05, 4.69) is 196 Å². The van der Waals surface area contributed by atoms with E-state index in [0.717, 1.165) is 5.69 Å². The Morgan fingerprint density at radius 1 is 0.306 bits per heavy atom. The average Bonchev–Trinajstić information content (AvgIpc) is 3.52. The first-order chi connectivity index (χ1) is 23.8. The van der Waals surface area contributed by atoms with Crippen LogP contribution in [0.15, 0.2) is 164 Å². The molecule has 0 amide bonds. The average molecular weight is 630 g/mol. The highest BCUT2D eigenvalue weighted by Crippen LogP contribution is 2.53. The Bertz CT molecular complexity index is 2270. The monoisotopic (exact) mass is 629 g/mol. The van der Waals surface area contributed by atoms with Gasteiger partial charge in [0, 0.05) is 27.9 Å². The van der Waals surface area contributed by atoms with Gasteiger partial charge in [-0.25, -0.2) is 0 Å². The van der Waals surface area contributed by atoms with E-state index in [9.17, 15) is 0 Å². The number of fused-ring (bicyclic) bond motifs is 6. The topological polar surface area (TPSA) is 3.24 Å². The van der Waals surface area contributed by atoms with E-state index in [0.29, 0.717) is 0 Å². The van der Waals surface area contributed by atoms with Crippen molar-refractivity contribution < 1.29 is 0 Å². The molecular weight excluding hydrogens is 591 g/mol. The summed E-state index contributed by atoms with van der Waals surface area (Å²) in [6, 6.07) is 60.5. The van der Waals surface area contributed by atoms with Crippen molar-refractivity contribution >= 4 is 17.1 Å². The van der Waals surface area contributed by atoms with E-state index in [1.54, 1.807) is 0 Å². The summed E-state index contributed by atoms with van der Waals surface area (Å²) < 4.78 is 0. The summed E-state index contributed by atoms with van der Waals surface area (Å²) in [6.07, 6.45) is 0. The Hall–Kier alpha value is -5.66. The van der Waals surface area contributed by atoms with Gasteiger partial charge in [0.2, 0.25) is 0 Å². The second-order valence-corrected chi connectivity index (χ2v) is 14.6. The minimum Gasteiger partial charge on any atom is -0.310 e. The van der Waals surface area contributed by atoms with E-state index in [4.69, 9.17) is 0 Å². The zero-order valence-corrected chi connectivity index (χ0v) is 28.5. The fourth-order valence-corrected chi connectivity index (χ4v) is 8.42. The summed E-state index contributed by atoms with van der Waals surface area (Å²) in [6.45, 7) is 9.44. The molecule has 0 heterocycles. The molecular formula is C48H39N. The van der Waals surface area contributed by atoms with Crippen molar-refractivity contribution in [3.05, 3.63) is 186 Å². The molecule has 0 aromatic heterocycles. The van der Waals surface area contributed by atoms with E-state index < -0.39 is 0 Å². The van der Waals surface area contributed by atoms with Crippen molar-refractivity contribution in [1.82, 2.24) is 0 Å². The maximum Gasteiger partial charge on any atom is 0.0465 e. The minimum atomic E-state index is -0.0806. The Balaban J connectivity index is 1.17.